The second-order valence-electron chi connectivity index (χ2n) is 5.57. The van der Waals surface area contributed by atoms with Gasteiger partial charge in [-0.1, -0.05) is 35.3 Å². The minimum Gasteiger partial charge on any atom is -0.321 e. The molecule has 0 aliphatic carbocycles. The number of pyridine rings is 1. The number of rotatable bonds is 3. The summed E-state index contributed by atoms with van der Waals surface area (Å²) in [6, 6.07) is 18.4. The molecule has 2 heterocycles. The molecule has 0 bridgehead atoms. The lowest BCUT2D eigenvalue weighted by atomic mass is 10.2. The van der Waals surface area contributed by atoms with E-state index in [9.17, 15) is 4.79 Å². The van der Waals surface area contributed by atoms with Crippen LogP contribution in [-0.2, 0) is 0 Å². The molecule has 0 unspecified atom stereocenters. The van der Waals surface area contributed by atoms with Crippen molar-refractivity contribution in [2.45, 2.75) is 0 Å². The number of nitrogens with zero attached hydrogens (tertiary/aromatic N) is 3. The first-order valence-corrected chi connectivity index (χ1v) is 8.53. The number of fused-ring (bicyclic) bond motifs is 1. The molecule has 5 nitrogen and oxygen atoms in total. The Labute approximate surface area is 159 Å². The number of halogens is 2. The quantitative estimate of drug-likeness (QED) is 0.508. The van der Waals surface area contributed by atoms with Crippen LogP contribution in [0, 0.1) is 0 Å². The molecule has 2 aromatic carbocycles. The predicted molar refractivity (Wildman–Crippen MR) is 103 cm³/mol. The Balaban J connectivity index is 1.58. The van der Waals surface area contributed by atoms with E-state index in [4.69, 9.17) is 23.2 Å². The molecule has 0 atom stereocenters. The van der Waals surface area contributed by atoms with E-state index in [-0.39, 0.29) is 15.9 Å². The van der Waals surface area contributed by atoms with Crippen molar-refractivity contribution in [3.63, 3.8) is 0 Å². The first kappa shape index (κ1) is 16.6. The summed E-state index contributed by atoms with van der Waals surface area (Å²) in [5.74, 6) is -0.418. The Morgan fingerprint density at radius 1 is 0.962 bits per heavy atom. The number of hydrogen-bond donors (Lipinski definition) is 1. The van der Waals surface area contributed by atoms with Crippen molar-refractivity contribution in [3.8, 4) is 5.69 Å². The van der Waals surface area contributed by atoms with Gasteiger partial charge in [0.2, 0.25) is 0 Å². The van der Waals surface area contributed by atoms with Gasteiger partial charge in [0.1, 0.15) is 17.2 Å². The van der Waals surface area contributed by atoms with E-state index in [0.29, 0.717) is 5.69 Å². The molecule has 1 N–H and O–H groups in total. The SMILES string of the molecule is O=C(Nc1ccc(-n2cnc3ccccc32)cc1)c1nc(Cl)ccc1Cl. The maximum atomic E-state index is 12.3. The van der Waals surface area contributed by atoms with Crippen molar-refractivity contribution >= 4 is 45.8 Å². The molecular formula is C19H12Cl2N4O. The monoisotopic (exact) mass is 382 g/mol. The van der Waals surface area contributed by atoms with E-state index in [1.165, 1.54) is 6.07 Å². The van der Waals surface area contributed by atoms with E-state index in [1.54, 1.807) is 24.5 Å². The fourth-order valence-corrected chi connectivity index (χ4v) is 2.98. The van der Waals surface area contributed by atoms with E-state index < -0.39 is 5.91 Å². The molecule has 4 rings (SSSR count). The van der Waals surface area contributed by atoms with Crippen LogP contribution >= 0.6 is 23.2 Å². The first-order chi connectivity index (χ1) is 12.6. The standard InChI is InChI=1S/C19H12Cl2N4O/c20-14-9-10-17(21)24-18(14)19(26)23-12-5-7-13(8-6-12)25-11-22-15-3-1-2-4-16(15)25/h1-11H,(H,23,26). The lowest BCUT2D eigenvalue weighted by molar-refractivity contribution is 0.102. The highest BCUT2D eigenvalue weighted by molar-refractivity contribution is 6.35. The topological polar surface area (TPSA) is 59.8 Å². The number of carbonyl (C=O) groups is 1. The Hall–Kier alpha value is -2.89. The van der Waals surface area contributed by atoms with Crippen molar-refractivity contribution in [3.05, 3.63) is 82.9 Å². The van der Waals surface area contributed by atoms with Crippen LogP contribution in [0.3, 0.4) is 0 Å². The molecule has 0 spiro atoms. The third-order valence-corrected chi connectivity index (χ3v) is 4.40. The summed E-state index contributed by atoms with van der Waals surface area (Å²) in [6.07, 6.45) is 1.77. The number of imidazole rings is 1. The van der Waals surface area contributed by atoms with Gasteiger partial charge >= 0.3 is 0 Å². The van der Waals surface area contributed by atoms with Gasteiger partial charge in [-0.3, -0.25) is 9.36 Å². The second-order valence-corrected chi connectivity index (χ2v) is 6.36. The molecule has 4 aromatic rings. The van der Waals surface area contributed by atoms with Crippen LogP contribution in [0.5, 0.6) is 0 Å². The van der Waals surface area contributed by atoms with Crippen LogP contribution in [0.25, 0.3) is 16.7 Å². The summed E-state index contributed by atoms with van der Waals surface area (Å²) in [7, 11) is 0. The van der Waals surface area contributed by atoms with Crippen LogP contribution in [-0.4, -0.2) is 20.4 Å². The van der Waals surface area contributed by atoms with Crippen LogP contribution in [0.2, 0.25) is 10.2 Å². The lowest BCUT2D eigenvalue weighted by Crippen LogP contribution is -2.14. The zero-order valence-electron chi connectivity index (χ0n) is 13.4. The molecule has 26 heavy (non-hydrogen) atoms. The summed E-state index contributed by atoms with van der Waals surface area (Å²) in [6.45, 7) is 0. The largest absolute Gasteiger partial charge is 0.321 e. The van der Waals surface area contributed by atoms with Gasteiger partial charge in [0.25, 0.3) is 5.91 Å². The number of amides is 1. The minimum absolute atomic E-state index is 0.0869. The number of anilines is 1. The predicted octanol–water partition coefficient (Wildman–Crippen LogP) is 4.98. The lowest BCUT2D eigenvalue weighted by Gasteiger charge is -2.08. The number of benzene rings is 2. The normalized spacial score (nSPS) is 10.8. The second kappa shape index (κ2) is 6.78. The van der Waals surface area contributed by atoms with Crippen molar-refractivity contribution in [2.75, 3.05) is 5.32 Å². The maximum absolute atomic E-state index is 12.3. The highest BCUT2D eigenvalue weighted by atomic mass is 35.5. The number of hydrogen-bond acceptors (Lipinski definition) is 3. The average Bonchev–Trinajstić information content (AvgIpc) is 3.08. The van der Waals surface area contributed by atoms with E-state index in [1.807, 2.05) is 41.0 Å². The van der Waals surface area contributed by atoms with Crippen LogP contribution in [0.4, 0.5) is 5.69 Å². The summed E-state index contributed by atoms with van der Waals surface area (Å²) in [5, 5.41) is 3.22. The highest BCUT2D eigenvalue weighted by Crippen LogP contribution is 2.21. The Morgan fingerprint density at radius 2 is 1.73 bits per heavy atom. The fourth-order valence-electron chi connectivity index (χ4n) is 2.64. The summed E-state index contributed by atoms with van der Waals surface area (Å²) in [4.78, 5) is 20.7. The maximum Gasteiger partial charge on any atom is 0.275 e. The molecule has 0 radical (unpaired) electrons. The molecule has 0 saturated heterocycles. The summed E-state index contributed by atoms with van der Waals surface area (Å²) in [5.41, 5.74) is 3.59. The van der Waals surface area contributed by atoms with Gasteiger partial charge in [0, 0.05) is 11.4 Å². The van der Waals surface area contributed by atoms with Crippen LogP contribution in [0.1, 0.15) is 10.5 Å². The van der Waals surface area contributed by atoms with Crippen LogP contribution in [0.15, 0.2) is 67.0 Å². The first-order valence-electron chi connectivity index (χ1n) is 7.78. The highest BCUT2D eigenvalue weighted by Gasteiger charge is 2.13. The smallest absolute Gasteiger partial charge is 0.275 e. The molecule has 1 amide bonds. The van der Waals surface area contributed by atoms with Crippen LogP contribution < -0.4 is 5.32 Å². The number of aromatic nitrogens is 3. The minimum atomic E-state index is -0.418. The zero-order chi connectivity index (χ0) is 18.1. The van der Waals surface area contributed by atoms with Crippen molar-refractivity contribution in [2.24, 2.45) is 0 Å². The van der Waals surface area contributed by atoms with Gasteiger partial charge in [0.15, 0.2) is 0 Å². The number of carbonyl (C=O) groups excluding carboxylic acids is 1. The zero-order valence-corrected chi connectivity index (χ0v) is 14.9. The van der Waals surface area contributed by atoms with Gasteiger partial charge in [-0.2, -0.15) is 0 Å². The van der Waals surface area contributed by atoms with E-state index >= 15 is 0 Å². The molecule has 0 aliphatic rings. The number of para-hydroxylation sites is 2. The molecule has 0 fully saturated rings. The average molecular weight is 383 g/mol. The third-order valence-electron chi connectivity index (χ3n) is 3.88. The fraction of sp³-hybridized carbons (Fsp3) is 0. The Bertz CT molecular complexity index is 1110. The summed E-state index contributed by atoms with van der Waals surface area (Å²) < 4.78 is 1.98. The van der Waals surface area contributed by atoms with Gasteiger partial charge in [-0.05, 0) is 48.5 Å². The van der Waals surface area contributed by atoms with E-state index in [2.05, 4.69) is 15.3 Å². The molecule has 0 saturated carbocycles. The molecule has 2 aromatic heterocycles. The molecule has 128 valence electrons. The molecule has 7 heteroatoms. The Morgan fingerprint density at radius 3 is 2.54 bits per heavy atom. The van der Waals surface area contributed by atoms with E-state index in [0.717, 1.165) is 16.7 Å². The van der Waals surface area contributed by atoms with Crippen molar-refractivity contribution in [1.29, 1.82) is 0 Å². The molecule has 0 aliphatic heterocycles. The van der Waals surface area contributed by atoms with Gasteiger partial charge < -0.3 is 5.32 Å². The van der Waals surface area contributed by atoms with Crippen molar-refractivity contribution in [1.82, 2.24) is 14.5 Å². The van der Waals surface area contributed by atoms with Gasteiger partial charge in [-0.15, -0.1) is 0 Å². The van der Waals surface area contributed by atoms with Crippen molar-refractivity contribution < 1.29 is 4.79 Å². The number of nitrogens with one attached hydrogen (secondary N) is 1. The summed E-state index contributed by atoms with van der Waals surface area (Å²) >= 11 is 11.8. The van der Waals surface area contributed by atoms with Gasteiger partial charge in [0.05, 0.1) is 16.1 Å². The third kappa shape index (κ3) is 3.14. The Kier molecular flexibility index (Phi) is 4.32. The van der Waals surface area contributed by atoms with Gasteiger partial charge in [-0.25, -0.2) is 9.97 Å². The molecular weight excluding hydrogens is 371 g/mol.